The predicted molar refractivity (Wildman–Crippen MR) is 69.1 cm³/mol. The van der Waals surface area contributed by atoms with Crippen molar-refractivity contribution in [2.75, 3.05) is 6.54 Å². The largest absolute Gasteiger partial charge is 0.356 e. The number of aryl methyl sites for hydroxylation is 1. The van der Waals surface area contributed by atoms with E-state index in [9.17, 15) is 9.59 Å². The minimum Gasteiger partial charge on any atom is -0.356 e. The van der Waals surface area contributed by atoms with E-state index in [1.54, 1.807) is 6.33 Å². The van der Waals surface area contributed by atoms with Crippen molar-refractivity contribution >= 4 is 11.7 Å². The van der Waals surface area contributed by atoms with Crippen LogP contribution in [0.25, 0.3) is 0 Å². The van der Waals surface area contributed by atoms with Crippen LogP contribution < -0.4 is 5.32 Å². The smallest absolute Gasteiger partial charge is 0.220 e. The van der Waals surface area contributed by atoms with Crippen LogP contribution in [0, 0.1) is 0 Å². The molecule has 0 aliphatic rings. The SMILES string of the molecule is CCC(=O)CCCC(=O)NCCc1cn(C)cn1. The highest BCUT2D eigenvalue weighted by atomic mass is 16.1. The summed E-state index contributed by atoms with van der Waals surface area (Å²) in [5, 5.41) is 2.83. The third kappa shape index (κ3) is 5.61. The van der Waals surface area contributed by atoms with Gasteiger partial charge in [0, 0.05) is 45.5 Å². The Morgan fingerprint density at radius 2 is 2.17 bits per heavy atom. The van der Waals surface area contributed by atoms with Crippen molar-refractivity contribution in [2.24, 2.45) is 7.05 Å². The maximum Gasteiger partial charge on any atom is 0.220 e. The van der Waals surface area contributed by atoms with E-state index < -0.39 is 0 Å². The minimum absolute atomic E-state index is 0.00911. The average Bonchev–Trinajstić information content (AvgIpc) is 2.75. The minimum atomic E-state index is 0.00911. The van der Waals surface area contributed by atoms with Gasteiger partial charge in [-0.2, -0.15) is 0 Å². The molecule has 1 N–H and O–H groups in total. The fourth-order valence-electron chi connectivity index (χ4n) is 1.64. The Kier molecular flexibility index (Phi) is 6.11. The molecule has 0 bridgehead atoms. The van der Waals surface area contributed by atoms with E-state index in [0.29, 0.717) is 32.2 Å². The number of rotatable bonds is 8. The van der Waals surface area contributed by atoms with Gasteiger partial charge in [0.2, 0.25) is 5.91 Å². The number of hydrogen-bond donors (Lipinski definition) is 1. The molecule has 0 saturated heterocycles. The molecule has 100 valence electrons. The van der Waals surface area contributed by atoms with Crippen molar-refractivity contribution in [2.45, 2.75) is 39.0 Å². The number of ketones is 1. The first-order valence-electron chi connectivity index (χ1n) is 6.37. The molecule has 18 heavy (non-hydrogen) atoms. The average molecular weight is 251 g/mol. The van der Waals surface area contributed by atoms with E-state index in [-0.39, 0.29) is 11.7 Å². The van der Waals surface area contributed by atoms with E-state index in [2.05, 4.69) is 10.3 Å². The van der Waals surface area contributed by atoms with Gasteiger partial charge in [-0.25, -0.2) is 4.98 Å². The van der Waals surface area contributed by atoms with Crippen LogP contribution in [0.1, 0.15) is 38.3 Å². The highest BCUT2D eigenvalue weighted by Crippen LogP contribution is 1.99. The molecule has 0 unspecified atom stereocenters. The molecule has 1 aromatic rings. The van der Waals surface area contributed by atoms with Gasteiger partial charge in [-0.1, -0.05) is 6.92 Å². The number of imidazole rings is 1. The highest BCUT2D eigenvalue weighted by Gasteiger charge is 2.04. The van der Waals surface area contributed by atoms with Gasteiger partial charge in [-0.05, 0) is 6.42 Å². The second kappa shape index (κ2) is 7.63. The molecule has 5 heteroatoms. The number of hydrogen-bond acceptors (Lipinski definition) is 3. The first-order chi connectivity index (χ1) is 8.61. The van der Waals surface area contributed by atoms with Gasteiger partial charge >= 0.3 is 0 Å². The van der Waals surface area contributed by atoms with Crippen LogP contribution in [-0.4, -0.2) is 27.8 Å². The molecule has 0 aromatic carbocycles. The number of Topliss-reactive ketones (excluding diaryl/α,β-unsaturated/α-hetero) is 1. The van der Waals surface area contributed by atoms with Crippen molar-refractivity contribution in [1.29, 1.82) is 0 Å². The van der Waals surface area contributed by atoms with Crippen molar-refractivity contribution < 1.29 is 9.59 Å². The topological polar surface area (TPSA) is 64.0 Å². The fraction of sp³-hybridized carbons (Fsp3) is 0.615. The van der Waals surface area contributed by atoms with E-state index >= 15 is 0 Å². The Bertz CT molecular complexity index is 399. The second-order valence-electron chi connectivity index (χ2n) is 4.38. The Hall–Kier alpha value is -1.65. The molecule has 0 spiro atoms. The Morgan fingerprint density at radius 1 is 1.39 bits per heavy atom. The summed E-state index contributed by atoms with van der Waals surface area (Å²) in [5.74, 6) is 0.228. The quantitative estimate of drug-likeness (QED) is 0.755. The van der Waals surface area contributed by atoms with Crippen molar-refractivity contribution in [3.63, 3.8) is 0 Å². The molecule has 0 atom stereocenters. The van der Waals surface area contributed by atoms with Crippen LogP contribution >= 0.6 is 0 Å². The summed E-state index contributed by atoms with van der Waals surface area (Å²) >= 11 is 0. The zero-order valence-corrected chi connectivity index (χ0v) is 11.1. The molecule has 1 heterocycles. The first kappa shape index (κ1) is 14.4. The molecule has 0 saturated carbocycles. The zero-order valence-electron chi connectivity index (χ0n) is 11.1. The fourth-order valence-corrected chi connectivity index (χ4v) is 1.64. The van der Waals surface area contributed by atoms with Gasteiger partial charge in [-0.15, -0.1) is 0 Å². The number of carbonyl (C=O) groups is 2. The molecule has 1 aromatic heterocycles. The predicted octanol–water partition coefficient (Wildman–Crippen LogP) is 1.23. The summed E-state index contributed by atoms with van der Waals surface area (Å²) in [6.07, 6.45) is 6.54. The molecule has 0 radical (unpaired) electrons. The lowest BCUT2D eigenvalue weighted by Gasteiger charge is -2.03. The van der Waals surface area contributed by atoms with Gasteiger partial charge in [0.25, 0.3) is 0 Å². The van der Waals surface area contributed by atoms with Crippen molar-refractivity contribution in [3.8, 4) is 0 Å². The molecule has 1 rings (SSSR count). The number of amides is 1. The van der Waals surface area contributed by atoms with Gasteiger partial charge < -0.3 is 9.88 Å². The number of nitrogens with one attached hydrogen (secondary N) is 1. The van der Waals surface area contributed by atoms with E-state index in [0.717, 1.165) is 12.1 Å². The molecule has 0 aliphatic carbocycles. The standard InChI is InChI=1S/C13H21N3O2/c1-3-12(17)5-4-6-13(18)14-8-7-11-9-16(2)10-15-11/h9-10H,3-8H2,1-2H3,(H,14,18). The van der Waals surface area contributed by atoms with Crippen LogP contribution in [-0.2, 0) is 23.1 Å². The monoisotopic (exact) mass is 251 g/mol. The highest BCUT2D eigenvalue weighted by molar-refractivity contribution is 5.79. The van der Waals surface area contributed by atoms with Crippen molar-refractivity contribution in [1.82, 2.24) is 14.9 Å². The maximum atomic E-state index is 11.5. The summed E-state index contributed by atoms with van der Waals surface area (Å²) in [7, 11) is 1.92. The third-order valence-electron chi connectivity index (χ3n) is 2.72. The van der Waals surface area contributed by atoms with E-state index in [4.69, 9.17) is 0 Å². The molecular formula is C13H21N3O2. The lowest BCUT2D eigenvalue weighted by Crippen LogP contribution is -2.25. The van der Waals surface area contributed by atoms with Gasteiger partial charge in [-0.3, -0.25) is 9.59 Å². The number of nitrogens with zero attached hydrogens (tertiary/aromatic N) is 2. The van der Waals surface area contributed by atoms with E-state index in [1.165, 1.54) is 0 Å². The maximum absolute atomic E-state index is 11.5. The molecule has 5 nitrogen and oxygen atoms in total. The van der Waals surface area contributed by atoms with Crippen molar-refractivity contribution in [3.05, 3.63) is 18.2 Å². The van der Waals surface area contributed by atoms with Crippen LogP contribution in [0.2, 0.25) is 0 Å². The first-order valence-corrected chi connectivity index (χ1v) is 6.37. The molecule has 0 aliphatic heterocycles. The zero-order chi connectivity index (χ0) is 13.4. The third-order valence-corrected chi connectivity index (χ3v) is 2.72. The number of carbonyl (C=O) groups excluding carboxylic acids is 2. The molecule has 0 fully saturated rings. The van der Waals surface area contributed by atoms with Crippen LogP contribution in [0.3, 0.4) is 0 Å². The summed E-state index contributed by atoms with van der Waals surface area (Å²) in [6.45, 7) is 2.44. The normalized spacial score (nSPS) is 10.3. The van der Waals surface area contributed by atoms with Gasteiger partial charge in [0.1, 0.15) is 5.78 Å². The van der Waals surface area contributed by atoms with Crippen LogP contribution in [0.5, 0.6) is 0 Å². The van der Waals surface area contributed by atoms with Gasteiger partial charge in [0.05, 0.1) is 12.0 Å². The molecular weight excluding hydrogens is 230 g/mol. The Balaban J connectivity index is 2.08. The van der Waals surface area contributed by atoms with E-state index in [1.807, 2.05) is 24.7 Å². The van der Waals surface area contributed by atoms with Crippen LogP contribution in [0.15, 0.2) is 12.5 Å². The summed E-state index contributed by atoms with van der Waals surface area (Å²) < 4.78 is 1.88. The number of aromatic nitrogens is 2. The van der Waals surface area contributed by atoms with Gasteiger partial charge in [0.15, 0.2) is 0 Å². The lowest BCUT2D eigenvalue weighted by atomic mass is 10.1. The molecule has 1 amide bonds. The summed E-state index contributed by atoms with van der Waals surface area (Å²) in [4.78, 5) is 26.7. The summed E-state index contributed by atoms with van der Waals surface area (Å²) in [5.41, 5.74) is 0.971. The summed E-state index contributed by atoms with van der Waals surface area (Å²) in [6, 6.07) is 0. The lowest BCUT2D eigenvalue weighted by molar-refractivity contribution is -0.121. The second-order valence-corrected chi connectivity index (χ2v) is 4.38. The van der Waals surface area contributed by atoms with Crippen LogP contribution in [0.4, 0.5) is 0 Å². The Morgan fingerprint density at radius 3 is 2.78 bits per heavy atom. The Labute approximate surface area is 108 Å².